The van der Waals surface area contributed by atoms with Gasteiger partial charge in [-0.05, 0) is 27.2 Å². The van der Waals surface area contributed by atoms with Gasteiger partial charge in [-0.2, -0.15) is 0 Å². The molecule has 0 saturated heterocycles. The Labute approximate surface area is 80.8 Å². The van der Waals surface area contributed by atoms with Gasteiger partial charge in [0.15, 0.2) is 0 Å². The Balaban J connectivity index is 2.47. The van der Waals surface area contributed by atoms with Crippen LogP contribution < -0.4 is 0 Å². The van der Waals surface area contributed by atoms with Gasteiger partial charge in [0.2, 0.25) is 0 Å². The largest absolute Gasteiger partial charge is 0.444 e. The zero-order chi connectivity index (χ0) is 10.8. The molecule has 0 aromatic rings. The molecule has 1 aliphatic heterocycles. The minimum absolute atomic E-state index is 0.291. The van der Waals surface area contributed by atoms with Gasteiger partial charge in [-0.3, -0.25) is 0 Å². The molecule has 0 aliphatic carbocycles. The minimum atomic E-state index is -0.442. The van der Waals surface area contributed by atoms with Crippen molar-refractivity contribution in [1.29, 1.82) is 0 Å². The third-order valence-corrected chi connectivity index (χ3v) is 1.63. The van der Waals surface area contributed by atoms with Crippen molar-refractivity contribution in [1.82, 2.24) is 4.90 Å². The molecule has 0 radical (unpaired) electrons. The molecule has 3 heteroatoms. The summed E-state index contributed by atoms with van der Waals surface area (Å²) in [6.45, 7) is 6.62. The van der Waals surface area contributed by atoms with Crippen LogP contribution in [0.15, 0.2) is 12.1 Å². The molecule has 13 heavy (non-hydrogen) atoms. The molecule has 0 aromatic heterocycles. The van der Waals surface area contributed by atoms with Gasteiger partial charge in [0, 0.05) is 13.1 Å². The van der Waals surface area contributed by atoms with E-state index >= 15 is 0 Å². The second-order valence-electron chi connectivity index (χ2n) is 4.08. The van der Waals surface area contributed by atoms with Gasteiger partial charge in [0.1, 0.15) is 5.60 Å². The number of amides is 1. The maximum atomic E-state index is 11.5. The summed E-state index contributed by atoms with van der Waals surface area (Å²) < 4.78 is 12.6. The number of hydrogen-bond acceptors (Lipinski definition) is 2. The molecule has 1 heterocycles. The first kappa shape index (κ1) is 8.60. The molecule has 0 aromatic carbocycles. The molecule has 0 N–H and O–H groups in total. The number of hydrogen-bond donors (Lipinski definition) is 0. The van der Waals surface area contributed by atoms with Crippen molar-refractivity contribution in [2.75, 3.05) is 13.1 Å². The fourth-order valence-electron chi connectivity index (χ4n) is 1.06. The van der Waals surface area contributed by atoms with E-state index in [9.17, 15) is 4.79 Å². The molecule has 3 nitrogen and oxygen atoms in total. The third-order valence-electron chi connectivity index (χ3n) is 1.63. The summed E-state index contributed by atoms with van der Waals surface area (Å²) in [5.41, 5.74) is -0.442. The molecular formula is C10H17NO2. The van der Waals surface area contributed by atoms with E-state index in [0.29, 0.717) is 25.6 Å². The lowest BCUT2D eigenvalue weighted by molar-refractivity contribution is 0.0268. The smallest absolute Gasteiger partial charge is 0.410 e. The molecular weight excluding hydrogens is 166 g/mol. The van der Waals surface area contributed by atoms with Crippen LogP contribution in [0.5, 0.6) is 0 Å². The fourth-order valence-corrected chi connectivity index (χ4v) is 1.06. The first-order valence-corrected chi connectivity index (χ1v) is 4.52. The number of rotatable bonds is 0. The third kappa shape index (κ3) is 3.49. The molecule has 0 bridgehead atoms. The lowest BCUT2D eigenvalue weighted by atomic mass is 10.2. The van der Waals surface area contributed by atoms with Crippen molar-refractivity contribution >= 4 is 6.09 Å². The predicted molar refractivity (Wildman–Crippen MR) is 51.6 cm³/mol. The van der Waals surface area contributed by atoms with Gasteiger partial charge in [0.05, 0.1) is 1.37 Å². The molecule has 1 rings (SSSR count). The maximum absolute atomic E-state index is 11.5. The second kappa shape index (κ2) is 3.81. The van der Waals surface area contributed by atoms with Gasteiger partial charge in [-0.25, -0.2) is 4.79 Å². The highest BCUT2D eigenvalue weighted by molar-refractivity contribution is 5.68. The van der Waals surface area contributed by atoms with E-state index in [1.807, 2.05) is 20.8 Å². The van der Waals surface area contributed by atoms with Gasteiger partial charge in [-0.15, -0.1) is 0 Å². The van der Waals surface area contributed by atoms with Crippen LogP contribution in [0.2, 0.25) is 0 Å². The summed E-state index contributed by atoms with van der Waals surface area (Å²) in [4.78, 5) is 13.1. The van der Waals surface area contributed by atoms with E-state index in [1.54, 1.807) is 11.0 Å². The van der Waals surface area contributed by atoms with Crippen LogP contribution in [0, 0.1) is 0 Å². The molecule has 0 saturated carbocycles. The van der Waals surface area contributed by atoms with Crippen molar-refractivity contribution < 1.29 is 10.9 Å². The lowest BCUT2D eigenvalue weighted by Gasteiger charge is -2.27. The molecule has 1 amide bonds. The minimum Gasteiger partial charge on any atom is -0.444 e. The van der Waals surface area contributed by atoms with Crippen molar-refractivity contribution in [2.45, 2.75) is 32.8 Å². The van der Waals surface area contributed by atoms with Gasteiger partial charge in [-0.1, -0.05) is 12.1 Å². The normalized spacial score (nSPS) is 19.2. The van der Waals surface area contributed by atoms with Crippen molar-refractivity contribution in [2.24, 2.45) is 0 Å². The molecule has 1 aliphatic rings. The van der Waals surface area contributed by atoms with E-state index in [4.69, 9.17) is 6.11 Å². The average molecular weight is 184 g/mol. The first-order chi connectivity index (χ1) is 6.38. The Hall–Kier alpha value is -0.990. The Morgan fingerprint density at radius 1 is 1.62 bits per heavy atom. The van der Waals surface area contributed by atoms with Gasteiger partial charge < -0.3 is 9.64 Å². The average Bonchev–Trinajstić information content (AvgIpc) is 2.02. The molecule has 74 valence electrons. The van der Waals surface area contributed by atoms with E-state index in [-0.39, 0.29) is 6.09 Å². The fraction of sp³-hybridized carbons (Fsp3) is 0.700. The quantitative estimate of drug-likeness (QED) is 0.540. The summed E-state index contributed by atoms with van der Waals surface area (Å²) in [6, 6.07) is 0.602. The predicted octanol–water partition coefficient (Wildman–Crippen LogP) is 2.18. The van der Waals surface area contributed by atoms with Crippen LogP contribution in [0.3, 0.4) is 0 Å². The Kier molecular flexibility index (Phi) is 2.52. The van der Waals surface area contributed by atoms with Crippen LogP contribution in [0.4, 0.5) is 4.79 Å². The highest BCUT2D eigenvalue weighted by Gasteiger charge is 2.21. The van der Waals surface area contributed by atoms with E-state index < -0.39 is 5.60 Å². The van der Waals surface area contributed by atoms with Crippen molar-refractivity contribution in [3.05, 3.63) is 12.1 Å². The highest BCUT2D eigenvalue weighted by Crippen LogP contribution is 2.11. The number of carbonyl (C=O) groups excluding carboxylic acids is 1. The topological polar surface area (TPSA) is 29.5 Å². The molecule has 0 spiro atoms. The Morgan fingerprint density at radius 3 is 2.77 bits per heavy atom. The summed E-state index contributed by atoms with van der Waals surface area (Å²) in [5.74, 6) is 0. The summed E-state index contributed by atoms with van der Waals surface area (Å²) >= 11 is 0. The van der Waals surface area contributed by atoms with Crippen LogP contribution >= 0.6 is 0 Å². The first-order valence-electron chi connectivity index (χ1n) is 5.02. The number of nitrogens with zero attached hydrogens (tertiary/aromatic N) is 1. The second-order valence-corrected chi connectivity index (χ2v) is 4.08. The lowest BCUT2D eigenvalue weighted by Crippen LogP contribution is -2.38. The maximum Gasteiger partial charge on any atom is 0.410 e. The SMILES string of the molecule is [2H]C1=CCN(C(=O)OC(C)(C)C)CC1. The van der Waals surface area contributed by atoms with Crippen LogP contribution in [0.25, 0.3) is 0 Å². The monoisotopic (exact) mass is 184 g/mol. The summed E-state index contributed by atoms with van der Waals surface area (Å²) in [6.07, 6.45) is 2.08. The standard InChI is InChI=1S/C10H17NO2/c1-10(2,3)13-9(12)11-7-5-4-6-8-11/h4-5H,6-8H2,1-3H3/i4D. The highest BCUT2D eigenvalue weighted by atomic mass is 16.6. The molecule has 0 fully saturated rings. The van der Waals surface area contributed by atoms with E-state index in [2.05, 4.69) is 0 Å². The van der Waals surface area contributed by atoms with Crippen molar-refractivity contribution in [3.8, 4) is 0 Å². The zero-order valence-electron chi connectivity index (χ0n) is 9.46. The summed E-state index contributed by atoms with van der Waals surface area (Å²) in [7, 11) is 0. The molecule has 0 unspecified atom stereocenters. The van der Waals surface area contributed by atoms with Gasteiger partial charge >= 0.3 is 6.09 Å². The van der Waals surface area contributed by atoms with E-state index in [1.165, 1.54) is 0 Å². The van der Waals surface area contributed by atoms with Crippen molar-refractivity contribution in [3.63, 3.8) is 0 Å². The zero-order valence-corrected chi connectivity index (χ0v) is 8.46. The molecule has 0 atom stereocenters. The number of carbonyl (C=O) groups is 1. The number of ether oxygens (including phenoxy) is 1. The Morgan fingerprint density at radius 2 is 2.31 bits per heavy atom. The van der Waals surface area contributed by atoms with E-state index in [0.717, 1.165) is 0 Å². The van der Waals surface area contributed by atoms with Crippen LogP contribution in [-0.4, -0.2) is 29.7 Å². The Bertz CT molecular complexity index is 255. The van der Waals surface area contributed by atoms with Crippen LogP contribution in [0.1, 0.15) is 28.6 Å². The summed E-state index contributed by atoms with van der Waals surface area (Å²) in [5, 5.41) is 0. The van der Waals surface area contributed by atoms with Gasteiger partial charge in [0.25, 0.3) is 0 Å². The van der Waals surface area contributed by atoms with Crippen LogP contribution in [-0.2, 0) is 4.74 Å².